The van der Waals surface area contributed by atoms with Crippen molar-refractivity contribution in [3.05, 3.63) is 65.5 Å². The van der Waals surface area contributed by atoms with E-state index in [9.17, 15) is 4.79 Å². The van der Waals surface area contributed by atoms with Crippen molar-refractivity contribution in [3.8, 4) is 0 Å². The normalized spacial score (nSPS) is 15.5. The maximum Gasteiger partial charge on any atom is 0.271 e. The number of hydrogen-bond donors (Lipinski definition) is 1. The highest BCUT2D eigenvalue weighted by Crippen LogP contribution is 2.09. The van der Waals surface area contributed by atoms with Crippen LogP contribution in [0.1, 0.15) is 21.6 Å². The number of rotatable bonds is 5. The summed E-state index contributed by atoms with van der Waals surface area (Å²) in [7, 11) is 0. The van der Waals surface area contributed by atoms with Gasteiger partial charge >= 0.3 is 0 Å². The lowest BCUT2D eigenvalue weighted by molar-refractivity contribution is 0.0342. The van der Waals surface area contributed by atoms with Gasteiger partial charge in [-0.1, -0.05) is 18.2 Å². The predicted octanol–water partition coefficient (Wildman–Crippen LogP) is 1.68. The van der Waals surface area contributed by atoms with Crippen LogP contribution < -0.4 is 5.43 Å². The molecule has 124 valence electrons. The first kappa shape index (κ1) is 16.3. The van der Waals surface area contributed by atoms with Gasteiger partial charge in [0.05, 0.1) is 25.1 Å². The number of nitrogens with one attached hydrogen (secondary N) is 1. The second kappa shape index (κ2) is 8.33. The summed E-state index contributed by atoms with van der Waals surface area (Å²) in [5.74, 6) is -0.236. The van der Waals surface area contributed by atoms with Gasteiger partial charge in [0.2, 0.25) is 0 Å². The van der Waals surface area contributed by atoms with E-state index in [1.165, 1.54) is 11.8 Å². The average molecular weight is 324 g/mol. The molecule has 1 aromatic carbocycles. The van der Waals surface area contributed by atoms with Gasteiger partial charge in [-0.25, -0.2) is 5.43 Å². The van der Waals surface area contributed by atoms with Crippen molar-refractivity contribution in [2.24, 2.45) is 5.10 Å². The number of benzene rings is 1. The van der Waals surface area contributed by atoms with E-state index in [2.05, 4.69) is 20.4 Å². The van der Waals surface area contributed by atoms with Crippen LogP contribution in [0.4, 0.5) is 0 Å². The molecular weight excluding hydrogens is 304 g/mol. The number of carbonyl (C=O) groups excluding carboxylic acids is 1. The summed E-state index contributed by atoms with van der Waals surface area (Å²) < 4.78 is 5.35. The fourth-order valence-corrected chi connectivity index (χ4v) is 2.45. The summed E-state index contributed by atoms with van der Waals surface area (Å²) in [5.41, 5.74) is 4.97. The zero-order chi connectivity index (χ0) is 16.6. The van der Waals surface area contributed by atoms with Gasteiger partial charge in [0.15, 0.2) is 0 Å². The van der Waals surface area contributed by atoms with Gasteiger partial charge < -0.3 is 4.74 Å². The van der Waals surface area contributed by atoms with Crippen molar-refractivity contribution in [1.29, 1.82) is 0 Å². The van der Waals surface area contributed by atoms with Gasteiger partial charge in [0, 0.05) is 31.4 Å². The summed E-state index contributed by atoms with van der Waals surface area (Å²) in [6.07, 6.45) is 3.20. The molecule has 0 unspecified atom stereocenters. The molecule has 1 aliphatic rings. The molecule has 1 aromatic heterocycles. The molecular formula is C18H20N4O2. The molecule has 0 bridgehead atoms. The Labute approximate surface area is 141 Å². The average Bonchev–Trinajstić information content (AvgIpc) is 2.64. The lowest BCUT2D eigenvalue weighted by Crippen LogP contribution is -2.35. The molecule has 0 saturated carbocycles. The van der Waals surface area contributed by atoms with E-state index < -0.39 is 0 Å². The highest BCUT2D eigenvalue weighted by atomic mass is 16.5. The van der Waals surface area contributed by atoms with Gasteiger partial charge in [0.25, 0.3) is 5.91 Å². The molecule has 2 aromatic rings. The highest BCUT2D eigenvalue weighted by Gasteiger charge is 2.11. The maximum absolute atomic E-state index is 12.1. The highest BCUT2D eigenvalue weighted by molar-refractivity contribution is 5.94. The lowest BCUT2D eigenvalue weighted by Gasteiger charge is -2.26. The first-order valence-electron chi connectivity index (χ1n) is 7.95. The van der Waals surface area contributed by atoms with Crippen molar-refractivity contribution < 1.29 is 9.53 Å². The largest absolute Gasteiger partial charge is 0.379 e. The first-order valence-corrected chi connectivity index (χ1v) is 7.95. The molecule has 1 amide bonds. The minimum Gasteiger partial charge on any atom is -0.379 e. The van der Waals surface area contributed by atoms with E-state index >= 15 is 0 Å². The molecule has 24 heavy (non-hydrogen) atoms. The van der Waals surface area contributed by atoms with Crippen LogP contribution in [0.3, 0.4) is 0 Å². The Hall–Kier alpha value is -2.57. The number of hydrazone groups is 1. The summed E-state index contributed by atoms with van der Waals surface area (Å²) in [5, 5.41) is 3.92. The first-order chi connectivity index (χ1) is 11.8. The maximum atomic E-state index is 12.1. The molecule has 6 nitrogen and oxygen atoms in total. The van der Waals surface area contributed by atoms with Crippen LogP contribution in [0.25, 0.3) is 0 Å². The zero-order valence-electron chi connectivity index (χ0n) is 13.4. The Morgan fingerprint density at radius 2 is 2.00 bits per heavy atom. The predicted molar refractivity (Wildman–Crippen MR) is 91.8 cm³/mol. The third-order valence-electron chi connectivity index (χ3n) is 3.78. The van der Waals surface area contributed by atoms with Gasteiger partial charge in [-0.2, -0.15) is 5.10 Å². The van der Waals surface area contributed by atoms with Crippen molar-refractivity contribution >= 4 is 12.1 Å². The van der Waals surface area contributed by atoms with E-state index in [1.54, 1.807) is 6.20 Å². The summed E-state index contributed by atoms with van der Waals surface area (Å²) >= 11 is 0. The van der Waals surface area contributed by atoms with Crippen LogP contribution in [0.5, 0.6) is 0 Å². The molecule has 2 heterocycles. The molecule has 0 atom stereocenters. The van der Waals surface area contributed by atoms with Crippen LogP contribution in [-0.2, 0) is 11.3 Å². The third kappa shape index (κ3) is 4.71. The SMILES string of the molecule is O=C(N/N=C\c1ccccn1)c1ccc(CN2CCOCC2)cc1. The van der Waals surface area contributed by atoms with E-state index in [-0.39, 0.29) is 5.91 Å². The fourth-order valence-electron chi connectivity index (χ4n) is 2.45. The van der Waals surface area contributed by atoms with Crippen LogP contribution in [0.15, 0.2) is 53.8 Å². The van der Waals surface area contributed by atoms with Crippen molar-refractivity contribution in [2.75, 3.05) is 26.3 Å². The van der Waals surface area contributed by atoms with E-state index in [4.69, 9.17) is 4.74 Å². The Balaban J connectivity index is 1.52. The molecule has 0 aliphatic carbocycles. The lowest BCUT2D eigenvalue weighted by atomic mass is 10.1. The number of pyridine rings is 1. The third-order valence-corrected chi connectivity index (χ3v) is 3.78. The second-order valence-corrected chi connectivity index (χ2v) is 5.54. The molecule has 0 radical (unpaired) electrons. The number of aromatic nitrogens is 1. The number of nitrogens with zero attached hydrogens (tertiary/aromatic N) is 3. The van der Waals surface area contributed by atoms with E-state index in [1.807, 2.05) is 42.5 Å². The summed E-state index contributed by atoms with van der Waals surface area (Å²) in [6.45, 7) is 4.35. The molecule has 1 aliphatic heterocycles. The number of ether oxygens (including phenoxy) is 1. The molecule has 1 fully saturated rings. The fraction of sp³-hybridized carbons (Fsp3) is 0.278. The summed E-state index contributed by atoms with van der Waals surface area (Å²) in [4.78, 5) is 18.5. The minimum absolute atomic E-state index is 0.236. The quantitative estimate of drug-likeness (QED) is 0.671. The Kier molecular flexibility index (Phi) is 5.65. The molecule has 1 saturated heterocycles. The van der Waals surface area contributed by atoms with Crippen molar-refractivity contribution in [3.63, 3.8) is 0 Å². The zero-order valence-corrected chi connectivity index (χ0v) is 13.4. The Bertz CT molecular complexity index is 680. The van der Waals surface area contributed by atoms with Gasteiger partial charge in [-0.15, -0.1) is 0 Å². The number of amides is 1. The summed E-state index contributed by atoms with van der Waals surface area (Å²) in [6, 6.07) is 13.1. The Morgan fingerprint density at radius 1 is 1.21 bits per heavy atom. The van der Waals surface area contributed by atoms with Crippen LogP contribution in [-0.4, -0.2) is 48.3 Å². The Morgan fingerprint density at radius 3 is 2.71 bits per heavy atom. The smallest absolute Gasteiger partial charge is 0.271 e. The minimum atomic E-state index is -0.236. The van der Waals surface area contributed by atoms with Crippen LogP contribution in [0.2, 0.25) is 0 Å². The number of morpholine rings is 1. The monoisotopic (exact) mass is 324 g/mol. The van der Waals surface area contributed by atoms with Gasteiger partial charge in [0.1, 0.15) is 0 Å². The number of carbonyl (C=O) groups is 1. The molecule has 3 rings (SSSR count). The molecule has 0 spiro atoms. The van der Waals surface area contributed by atoms with Gasteiger partial charge in [-0.3, -0.25) is 14.7 Å². The topological polar surface area (TPSA) is 66.8 Å². The van der Waals surface area contributed by atoms with Crippen molar-refractivity contribution in [1.82, 2.24) is 15.3 Å². The second-order valence-electron chi connectivity index (χ2n) is 5.54. The molecule has 1 N–H and O–H groups in total. The van der Waals surface area contributed by atoms with Crippen LogP contribution >= 0.6 is 0 Å². The number of hydrogen-bond acceptors (Lipinski definition) is 5. The van der Waals surface area contributed by atoms with Gasteiger partial charge in [-0.05, 0) is 29.8 Å². The van der Waals surface area contributed by atoms with E-state index in [0.29, 0.717) is 11.3 Å². The van der Waals surface area contributed by atoms with E-state index in [0.717, 1.165) is 32.8 Å². The van der Waals surface area contributed by atoms with Crippen molar-refractivity contribution in [2.45, 2.75) is 6.54 Å². The van der Waals surface area contributed by atoms with Crippen LogP contribution in [0, 0.1) is 0 Å². The molecule has 6 heteroatoms. The standard InChI is InChI=1S/C18H20N4O2/c23-18(21-20-13-17-3-1-2-8-19-17)16-6-4-15(5-7-16)14-22-9-11-24-12-10-22/h1-8,13H,9-12,14H2,(H,21,23)/b20-13-.